The van der Waals surface area contributed by atoms with Crippen LogP contribution in [0, 0.1) is 0 Å². The van der Waals surface area contributed by atoms with Crippen LogP contribution in [0.2, 0.25) is 0 Å². The molecule has 2 N–H and O–H groups in total. The lowest BCUT2D eigenvalue weighted by atomic mass is 10.1. The van der Waals surface area contributed by atoms with Crippen molar-refractivity contribution < 1.29 is 0 Å². The summed E-state index contributed by atoms with van der Waals surface area (Å²) in [4.78, 5) is 8.58. The first-order valence-electron chi connectivity index (χ1n) is 6.48. The largest absolute Gasteiger partial charge is 0.373 e. The Balaban J connectivity index is 2.14. The molecule has 0 aliphatic rings. The second-order valence-electron chi connectivity index (χ2n) is 4.38. The number of hydrogen-bond acceptors (Lipinski definition) is 5. The maximum Gasteiger partial charge on any atom is 0.135 e. The van der Waals surface area contributed by atoms with Crippen LogP contribution in [-0.4, -0.2) is 26.8 Å². The van der Waals surface area contributed by atoms with Gasteiger partial charge in [0.2, 0.25) is 0 Å². The highest BCUT2D eigenvalue weighted by atomic mass is 15.3. The van der Waals surface area contributed by atoms with Crippen LogP contribution in [0.15, 0.2) is 18.6 Å². The normalized spacial score (nSPS) is 10.5. The monoisotopic (exact) mass is 260 g/mol. The van der Waals surface area contributed by atoms with Crippen molar-refractivity contribution in [2.45, 2.75) is 26.3 Å². The second-order valence-corrected chi connectivity index (χ2v) is 4.38. The third-order valence-electron chi connectivity index (χ3n) is 2.89. The Morgan fingerprint density at radius 3 is 2.68 bits per heavy atom. The molecule has 0 amide bonds. The fourth-order valence-electron chi connectivity index (χ4n) is 2.00. The summed E-state index contributed by atoms with van der Waals surface area (Å²) < 4.78 is 1.79. The maximum absolute atomic E-state index is 4.34. The average Bonchev–Trinajstić information content (AvgIpc) is 2.83. The van der Waals surface area contributed by atoms with Crippen LogP contribution >= 0.6 is 0 Å². The minimum atomic E-state index is 0.664. The van der Waals surface area contributed by atoms with Gasteiger partial charge in [0.15, 0.2) is 0 Å². The van der Waals surface area contributed by atoms with E-state index in [-0.39, 0.29) is 0 Å². The first kappa shape index (κ1) is 13.3. The Morgan fingerprint density at radius 1 is 1.26 bits per heavy atom. The predicted molar refractivity (Wildman–Crippen MR) is 76.1 cm³/mol. The Bertz CT molecular complexity index is 534. The van der Waals surface area contributed by atoms with Gasteiger partial charge in [0.1, 0.15) is 18.0 Å². The van der Waals surface area contributed by atoms with Gasteiger partial charge in [-0.2, -0.15) is 5.10 Å². The van der Waals surface area contributed by atoms with Crippen molar-refractivity contribution in [3.63, 3.8) is 0 Å². The van der Waals surface area contributed by atoms with Gasteiger partial charge in [-0.3, -0.25) is 4.68 Å². The Hall–Kier alpha value is -2.11. The number of nitrogens with one attached hydrogen (secondary N) is 2. The third-order valence-corrected chi connectivity index (χ3v) is 2.89. The van der Waals surface area contributed by atoms with E-state index in [9.17, 15) is 0 Å². The van der Waals surface area contributed by atoms with Crippen molar-refractivity contribution in [3.8, 4) is 0 Å². The predicted octanol–water partition coefficient (Wildman–Crippen LogP) is 1.82. The number of hydrogen-bond donors (Lipinski definition) is 2. The van der Waals surface area contributed by atoms with E-state index in [1.807, 2.05) is 26.4 Å². The molecule has 0 aliphatic carbocycles. The lowest BCUT2D eigenvalue weighted by Crippen LogP contribution is -2.09. The van der Waals surface area contributed by atoms with E-state index in [0.29, 0.717) is 6.54 Å². The van der Waals surface area contributed by atoms with Crippen LogP contribution in [0.25, 0.3) is 0 Å². The summed E-state index contributed by atoms with van der Waals surface area (Å²) in [6.45, 7) is 2.81. The summed E-state index contributed by atoms with van der Waals surface area (Å²) in [5.41, 5.74) is 2.12. The van der Waals surface area contributed by atoms with Gasteiger partial charge in [-0.25, -0.2) is 9.97 Å². The Kier molecular flexibility index (Phi) is 4.33. The highest BCUT2D eigenvalue weighted by Gasteiger charge is 2.09. The minimum Gasteiger partial charge on any atom is -0.373 e. The molecule has 2 rings (SSSR count). The zero-order valence-electron chi connectivity index (χ0n) is 11.6. The number of anilines is 2. The topological polar surface area (TPSA) is 67.7 Å². The van der Waals surface area contributed by atoms with Crippen molar-refractivity contribution >= 4 is 11.6 Å². The molecule has 6 heteroatoms. The minimum absolute atomic E-state index is 0.664. The van der Waals surface area contributed by atoms with Crippen LogP contribution < -0.4 is 10.6 Å². The first-order valence-corrected chi connectivity index (χ1v) is 6.48. The number of nitrogens with zero attached hydrogens (tertiary/aromatic N) is 4. The van der Waals surface area contributed by atoms with Gasteiger partial charge in [-0.15, -0.1) is 0 Å². The maximum atomic E-state index is 4.34. The van der Waals surface area contributed by atoms with Gasteiger partial charge in [0.05, 0.1) is 12.2 Å². The van der Waals surface area contributed by atoms with Crippen LogP contribution in [0.5, 0.6) is 0 Å². The smallest absolute Gasteiger partial charge is 0.135 e. The van der Waals surface area contributed by atoms with Crippen molar-refractivity contribution in [2.75, 3.05) is 17.7 Å². The van der Waals surface area contributed by atoms with Gasteiger partial charge >= 0.3 is 0 Å². The number of aryl methyl sites for hydroxylation is 1. The quantitative estimate of drug-likeness (QED) is 0.829. The summed E-state index contributed by atoms with van der Waals surface area (Å²) in [7, 11) is 3.79. The molecule has 6 nitrogen and oxygen atoms in total. The highest BCUT2D eigenvalue weighted by Crippen LogP contribution is 2.21. The molecule has 0 saturated carbocycles. The summed E-state index contributed by atoms with van der Waals surface area (Å²) in [5, 5.41) is 10.8. The molecule has 0 aliphatic heterocycles. The van der Waals surface area contributed by atoms with Gasteiger partial charge in [0, 0.05) is 25.9 Å². The summed E-state index contributed by atoms with van der Waals surface area (Å²) in [6, 6.07) is 1.99. The van der Waals surface area contributed by atoms with E-state index in [1.54, 1.807) is 11.0 Å². The molecular formula is C13H20N6. The van der Waals surface area contributed by atoms with E-state index in [4.69, 9.17) is 0 Å². The molecule has 0 fully saturated rings. The lowest BCUT2D eigenvalue weighted by Gasteiger charge is -2.12. The highest BCUT2D eigenvalue weighted by molar-refractivity contribution is 5.57. The van der Waals surface area contributed by atoms with Crippen LogP contribution in [0.3, 0.4) is 0 Å². The van der Waals surface area contributed by atoms with Crippen LogP contribution in [0.4, 0.5) is 11.6 Å². The summed E-state index contributed by atoms with van der Waals surface area (Å²) >= 11 is 0. The second kappa shape index (κ2) is 6.17. The molecule has 19 heavy (non-hydrogen) atoms. The zero-order chi connectivity index (χ0) is 13.7. The van der Waals surface area contributed by atoms with E-state index >= 15 is 0 Å². The lowest BCUT2D eigenvalue weighted by molar-refractivity contribution is 0.746. The van der Waals surface area contributed by atoms with E-state index in [0.717, 1.165) is 35.7 Å². The van der Waals surface area contributed by atoms with E-state index < -0.39 is 0 Å². The van der Waals surface area contributed by atoms with Gasteiger partial charge in [-0.05, 0) is 12.5 Å². The summed E-state index contributed by atoms with van der Waals surface area (Å²) in [6.07, 6.45) is 5.51. The van der Waals surface area contributed by atoms with Gasteiger partial charge in [-0.1, -0.05) is 13.3 Å². The standard InChI is InChI=1S/C13H20N6/c1-4-5-11-12(14-2)16-9-17-13(11)15-8-10-6-7-19(3)18-10/h6-7,9H,4-5,8H2,1-3H3,(H2,14,15,16,17). The Morgan fingerprint density at radius 2 is 2.05 bits per heavy atom. The molecule has 2 heterocycles. The molecule has 0 radical (unpaired) electrons. The first-order chi connectivity index (χ1) is 9.24. The van der Waals surface area contributed by atoms with Crippen LogP contribution in [0.1, 0.15) is 24.6 Å². The summed E-state index contributed by atoms with van der Waals surface area (Å²) in [5.74, 6) is 1.77. The van der Waals surface area contributed by atoms with E-state index in [1.165, 1.54) is 0 Å². The molecule has 2 aromatic heterocycles. The molecule has 2 aromatic rings. The SMILES string of the molecule is CCCc1c(NC)ncnc1NCc1ccn(C)n1. The number of rotatable bonds is 6. The number of aromatic nitrogens is 4. The molecule has 0 aromatic carbocycles. The molecule has 102 valence electrons. The zero-order valence-corrected chi connectivity index (χ0v) is 11.6. The fraction of sp³-hybridized carbons (Fsp3) is 0.462. The molecule has 0 atom stereocenters. The molecule has 0 spiro atoms. The molecule has 0 unspecified atom stereocenters. The third kappa shape index (κ3) is 3.21. The molecular weight excluding hydrogens is 240 g/mol. The molecule has 0 saturated heterocycles. The van der Waals surface area contributed by atoms with Gasteiger partial charge < -0.3 is 10.6 Å². The van der Waals surface area contributed by atoms with Crippen molar-refractivity contribution in [1.29, 1.82) is 0 Å². The molecule has 0 bridgehead atoms. The van der Waals surface area contributed by atoms with Crippen molar-refractivity contribution in [2.24, 2.45) is 7.05 Å². The van der Waals surface area contributed by atoms with E-state index in [2.05, 4.69) is 32.6 Å². The average molecular weight is 260 g/mol. The fourth-order valence-corrected chi connectivity index (χ4v) is 2.00. The van der Waals surface area contributed by atoms with Crippen LogP contribution in [-0.2, 0) is 20.0 Å². The van der Waals surface area contributed by atoms with Gasteiger partial charge in [0.25, 0.3) is 0 Å². The van der Waals surface area contributed by atoms with Crippen molar-refractivity contribution in [1.82, 2.24) is 19.7 Å². The van der Waals surface area contributed by atoms with Crippen molar-refractivity contribution in [3.05, 3.63) is 29.8 Å². The Labute approximate surface area is 113 Å².